The third kappa shape index (κ3) is 3.05. The molecule has 0 bridgehead atoms. The molecule has 1 saturated heterocycles. The molecule has 0 aromatic carbocycles. The van der Waals surface area contributed by atoms with E-state index in [1.54, 1.807) is 4.57 Å². The number of nitrogens with zero attached hydrogens (tertiary/aromatic N) is 4. The number of ether oxygens (including phenoxy) is 2. The van der Waals surface area contributed by atoms with Crippen molar-refractivity contribution in [1.29, 1.82) is 0 Å². The van der Waals surface area contributed by atoms with Gasteiger partial charge in [0.2, 0.25) is 0 Å². The molecule has 10 heteroatoms. The van der Waals surface area contributed by atoms with Gasteiger partial charge in [0.25, 0.3) is 0 Å². The summed E-state index contributed by atoms with van der Waals surface area (Å²) >= 11 is 4.20. The van der Waals surface area contributed by atoms with E-state index in [2.05, 4.69) is 27.6 Å². The summed E-state index contributed by atoms with van der Waals surface area (Å²) in [6.45, 7) is 5.21. The van der Waals surface area contributed by atoms with Crippen LogP contribution < -0.4 is 5.73 Å². The van der Waals surface area contributed by atoms with Gasteiger partial charge in [0, 0.05) is 18.6 Å². The molecule has 0 radical (unpaired) electrons. The number of nitrogens with two attached hydrogens (primary N) is 1. The van der Waals surface area contributed by atoms with E-state index in [0.717, 1.165) is 0 Å². The van der Waals surface area contributed by atoms with Crippen molar-refractivity contribution in [2.75, 3.05) is 11.5 Å². The molecule has 0 unspecified atom stereocenters. The number of hydrogen-bond donors (Lipinski definition) is 3. The van der Waals surface area contributed by atoms with Crippen molar-refractivity contribution in [3.63, 3.8) is 0 Å². The van der Waals surface area contributed by atoms with Crippen molar-refractivity contribution in [3.8, 4) is 0 Å². The Kier molecular flexibility index (Phi) is 4.85. The lowest BCUT2D eigenvalue weighted by Crippen LogP contribution is -2.36. The second kappa shape index (κ2) is 6.77. The maximum Gasteiger partial charge on any atom is 0.303 e. The van der Waals surface area contributed by atoms with Crippen LogP contribution in [0.1, 0.15) is 38.7 Å². The molecule has 3 rings (SSSR count). The van der Waals surface area contributed by atoms with Gasteiger partial charge < -0.3 is 20.3 Å². The van der Waals surface area contributed by atoms with E-state index < -0.39 is 30.5 Å². The van der Waals surface area contributed by atoms with Crippen LogP contribution in [0.15, 0.2) is 6.33 Å². The van der Waals surface area contributed by atoms with Crippen molar-refractivity contribution in [3.05, 3.63) is 12.2 Å². The Labute approximate surface area is 150 Å². The largest absolute Gasteiger partial charge is 0.455 e. The van der Waals surface area contributed by atoms with E-state index in [9.17, 15) is 9.90 Å². The smallest absolute Gasteiger partial charge is 0.303 e. The van der Waals surface area contributed by atoms with Crippen molar-refractivity contribution >= 4 is 35.6 Å². The minimum absolute atomic E-state index is 0.0161. The first-order valence-corrected chi connectivity index (χ1v) is 8.58. The summed E-state index contributed by atoms with van der Waals surface area (Å²) in [6, 6.07) is 0. The van der Waals surface area contributed by atoms with Crippen LogP contribution in [0.25, 0.3) is 11.2 Å². The fourth-order valence-electron chi connectivity index (χ4n) is 3.00. The predicted octanol–water partition coefficient (Wildman–Crippen LogP) is 0.652. The van der Waals surface area contributed by atoms with E-state index in [1.807, 2.05) is 13.8 Å². The Morgan fingerprint density at radius 2 is 2.24 bits per heavy atom. The number of aromatic nitrogens is 4. The number of fused-ring (bicyclic) bond motifs is 1. The van der Waals surface area contributed by atoms with Gasteiger partial charge in [-0.05, 0) is 0 Å². The molecule has 4 atom stereocenters. The Morgan fingerprint density at radius 3 is 2.84 bits per heavy atom. The van der Waals surface area contributed by atoms with E-state index >= 15 is 0 Å². The van der Waals surface area contributed by atoms with Gasteiger partial charge in [-0.25, -0.2) is 15.0 Å². The highest BCUT2D eigenvalue weighted by atomic mass is 32.1. The van der Waals surface area contributed by atoms with Gasteiger partial charge >= 0.3 is 5.97 Å². The van der Waals surface area contributed by atoms with Gasteiger partial charge in [-0.3, -0.25) is 9.36 Å². The summed E-state index contributed by atoms with van der Waals surface area (Å²) in [7, 11) is 0. The van der Waals surface area contributed by atoms with E-state index in [4.69, 9.17) is 15.2 Å². The minimum atomic E-state index is -1.01. The predicted molar refractivity (Wildman–Crippen MR) is 93.1 cm³/mol. The molecule has 0 saturated carbocycles. The average Bonchev–Trinajstić information content (AvgIpc) is 3.07. The molecule has 136 valence electrons. The summed E-state index contributed by atoms with van der Waals surface area (Å²) in [6.07, 6.45) is -1.95. The van der Waals surface area contributed by atoms with Crippen LogP contribution in [0.4, 0.5) is 5.82 Å². The topological polar surface area (TPSA) is 125 Å². The number of anilines is 1. The highest BCUT2D eigenvalue weighted by Gasteiger charge is 2.47. The third-order valence-corrected chi connectivity index (χ3v) is 4.46. The fraction of sp³-hybridized carbons (Fsp3) is 0.600. The number of aliphatic hydroxyl groups excluding tert-OH is 1. The maximum atomic E-state index is 11.5. The summed E-state index contributed by atoms with van der Waals surface area (Å²) in [5.41, 5.74) is 6.83. The molecular formula is C15H21N5O4S. The van der Waals surface area contributed by atoms with Gasteiger partial charge in [-0.2, -0.15) is 12.6 Å². The van der Waals surface area contributed by atoms with Crippen LogP contribution >= 0.6 is 12.6 Å². The number of rotatable bonds is 4. The zero-order chi connectivity index (χ0) is 18.3. The minimum Gasteiger partial charge on any atom is -0.455 e. The number of aliphatic hydroxyl groups is 1. The van der Waals surface area contributed by atoms with Gasteiger partial charge in [-0.15, -0.1) is 0 Å². The van der Waals surface area contributed by atoms with E-state index in [-0.39, 0.29) is 17.5 Å². The zero-order valence-electron chi connectivity index (χ0n) is 14.2. The summed E-state index contributed by atoms with van der Waals surface area (Å²) in [5.74, 6) is 0.677. The van der Waals surface area contributed by atoms with Gasteiger partial charge in [0.1, 0.15) is 18.3 Å². The molecule has 0 aliphatic carbocycles. The molecule has 0 amide bonds. The first kappa shape index (κ1) is 17.9. The monoisotopic (exact) mass is 367 g/mol. The molecule has 9 nitrogen and oxygen atoms in total. The summed E-state index contributed by atoms with van der Waals surface area (Å²) < 4.78 is 13.0. The highest BCUT2D eigenvalue weighted by Crippen LogP contribution is 2.37. The first-order chi connectivity index (χ1) is 11.8. The van der Waals surface area contributed by atoms with Crippen molar-refractivity contribution in [2.24, 2.45) is 0 Å². The molecule has 3 heterocycles. The maximum absolute atomic E-state index is 11.5. The number of hydrogen-bond acceptors (Lipinski definition) is 9. The quantitative estimate of drug-likeness (QED) is 0.531. The number of carbonyl (C=O) groups excluding carboxylic acids is 1. The SMILES string of the molecule is CC(=O)O[C@@H]1[C@H](O)[C@@H](CS)O[C@H]1n1c(C(C)C)nc2c(N)ncnc21. The average molecular weight is 367 g/mol. The zero-order valence-corrected chi connectivity index (χ0v) is 15.1. The van der Waals surface area contributed by atoms with Crippen LogP contribution in [0.5, 0.6) is 0 Å². The third-order valence-electron chi connectivity index (χ3n) is 4.10. The van der Waals surface area contributed by atoms with Crippen LogP contribution in [0.3, 0.4) is 0 Å². The van der Waals surface area contributed by atoms with Gasteiger partial charge in [-0.1, -0.05) is 13.8 Å². The van der Waals surface area contributed by atoms with Gasteiger partial charge in [0.15, 0.2) is 29.3 Å². The Hall–Kier alpha value is -1.91. The highest BCUT2D eigenvalue weighted by molar-refractivity contribution is 7.80. The molecule has 25 heavy (non-hydrogen) atoms. The molecule has 1 aliphatic rings. The molecule has 1 aliphatic heterocycles. The fourth-order valence-corrected chi connectivity index (χ4v) is 3.30. The number of nitrogen functional groups attached to an aromatic ring is 1. The van der Waals surface area contributed by atoms with Crippen LogP contribution in [0, 0.1) is 0 Å². The number of esters is 1. The number of imidazole rings is 1. The molecule has 2 aromatic rings. The van der Waals surface area contributed by atoms with Crippen LogP contribution in [-0.2, 0) is 14.3 Å². The van der Waals surface area contributed by atoms with E-state index in [0.29, 0.717) is 17.0 Å². The lowest BCUT2D eigenvalue weighted by atomic mass is 10.1. The molecular weight excluding hydrogens is 346 g/mol. The van der Waals surface area contributed by atoms with E-state index in [1.165, 1.54) is 13.3 Å². The van der Waals surface area contributed by atoms with Crippen molar-refractivity contribution in [2.45, 2.75) is 51.2 Å². The lowest BCUT2D eigenvalue weighted by molar-refractivity contribution is -0.155. The second-order valence-electron chi connectivity index (χ2n) is 6.24. The molecule has 3 N–H and O–H groups in total. The first-order valence-electron chi connectivity index (χ1n) is 7.95. The Morgan fingerprint density at radius 1 is 1.52 bits per heavy atom. The van der Waals surface area contributed by atoms with Crippen molar-refractivity contribution in [1.82, 2.24) is 19.5 Å². The summed E-state index contributed by atoms with van der Waals surface area (Å²) in [5, 5.41) is 10.5. The Balaban J connectivity index is 2.17. The van der Waals surface area contributed by atoms with Crippen molar-refractivity contribution < 1.29 is 19.4 Å². The normalized spacial score (nSPS) is 26.5. The molecule has 1 fully saturated rings. The summed E-state index contributed by atoms with van der Waals surface area (Å²) in [4.78, 5) is 24.3. The number of thiol groups is 1. The standard InChI is InChI=1S/C15H21N5O4S/c1-6(2)13-19-9-12(16)17-5-18-14(9)20(13)15-11(23-7(3)21)10(22)8(4-25)24-15/h5-6,8,10-11,15,22,25H,4H2,1-3H3,(H2,16,17,18)/t8-,10-,11-,15-/m1/s1. The number of carbonyl (C=O) groups is 1. The second-order valence-corrected chi connectivity index (χ2v) is 6.60. The Bertz CT molecular complexity index is 796. The lowest BCUT2D eigenvalue weighted by Gasteiger charge is -2.23. The van der Waals surface area contributed by atoms with Gasteiger partial charge in [0.05, 0.1) is 6.10 Å². The molecule has 2 aromatic heterocycles. The molecule has 0 spiro atoms. The van der Waals surface area contributed by atoms with Crippen LogP contribution in [-0.4, -0.2) is 54.7 Å². The van der Waals surface area contributed by atoms with Crippen LogP contribution in [0.2, 0.25) is 0 Å².